The van der Waals surface area contributed by atoms with Crippen LogP contribution in [0.25, 0.3) is 6.08 Å². The Morgan fingerprint density at radius 2 is 1.76 bits per heavy atom. The number of aromatic hydroxyl groups is 1. The lowest BCUT2D eigenvalue weighted by molar-refractivity contribution is 0.104. The van der Waals surface area contributed by atoms with Gasteiger partial charge in [-0.3, -0.25) is 9.59 Å². The molecule has 0 unspecified atom stereocenters. The third kappa shape index (κ3) is 3.36. The fraction of sp³-hybridized carbons (Fsp3) is 0.0588. The Morgan fingerprint density at radius 3 is 2.52 bits per heavy atom. The van der Waals surface area contributed by atoms with E-state index in [4.69, 9.17) is 4.74 Å². The highest BCUT2D eigenvalue weighted by atomic mass is 16.5. The first kappa shape index (κ1) is 14.5. The number of methoxy groups -OCH3 is 1. The number of ketones is 1. The van der Waals surface area contributed by atoms with Crippen LogP contribution in [0.1, 0.15) is 15.9 Å². The molecule has 4 nitrogen and oxygen atoms in total. The third-order valence-corrected chi connectivity index (χ3v) is 2.93. The molecule has 0 bridgehead atoms. The van der Waals surface area contributed by atoms with E-state index in [2.05, 4.69) is 0 Å². The predicted octanol–water partition coefficient (Wildman–Crippen LogP) is 2.66. The van der Waals surface area contributed by atoms with E-state index in [0.29, 0.717) is 5.75 Å². The molecule has 4 heteroatoms. The fourth-order valence-electron chi connectivity index (χ4n) is 1.84. The van der Waals surface area contributed by atoms with Crippen LogP contribution in [0.4, 0.5) is 0 Å². The largest absolute Gasteiger partial charge is 0.504 e. The van der Waals surface area contributed by atoms with Gasteiger partial charge in [-0.1, -0.05) is 30.3 Å². The molecule has 0 spiro atoms. The van der Waals surface area contributed by atoms with Crippen molar-refractivity contribution >= 4 is 11.9 Å². The molecule has 2 aromatic rings. The zero-order valence-corrected chi connectivity index (χ0v) is 11.4. The van der Waals surface area contributed by atoms with Crippen LogP contribution in [-0.4, -0.2) is 18.0 Å². The normalized spacial score (nSPS) is 10.5. The molecule has 0 saturated carbocycles. The second-order valence-corrected chi connectivity index (χ2v) is 4.28. The van der Waals surface area contributed by atoms with Crippen molar-refractivity contribution in [3.63, 3.8) is 0 Å². The Labute approximate surface area is 121 Å². The molecule has 0 aliphatic carbocycles. The van der Waals surface area contributed by atoms with Crippen LogP contribution in [0.2, 0.25) is 0 Å². The van der Waals surface area contributed by atoms with E-state index in [1.165, 1.54) is 30.3 Å². The van der Waals surface area contributed by atoms with Crippen LogP contribution in [0.15, 0.2) is 59.4 Å². The summed E-state index contributed by atoms with van der Waals surface area (Å²) < 4.78 is 5.18. The Kier molecular flexibility index (Phi) is 4.51. The summed E-state index contributed by atoms with van der Waals surface area (Å²) >= 11 is 0. The number of carbonyl (C=O) groups excluding carboxylic acids is 1. The second kappa shape index (κ2) is 6.52. The van der Waals surface area contributed by atoms with Crippen molar-refractivity contribution in [3.8, 4) is 11.5 Å². The number of benzene rings is 1. The van der Waals surface area contributed by atoms with E-state index in [0.717, 1.165) is 5.56 Å². The van der Waals surface area contributed by atoms with Gasteiger partial charge in [0.25, 0.3) is 0 Å². The Morgan fingerprint density at radius 1 is 1.10 bits per heavy atom. The first-order valence-corrected chi connectivity index (χ1v) is 6.31. The molecule has 0 radical (unpaired) electrons. The molecule has 1 N–H and O–H groups in total. The van der Waals surface area contributed by atoms with Crippen LogP contribution >= 0.6 is 0 Å². The Bertz CT molecular complexity index is 748. The molecular formula is C17H14O4. The lowest BCUT2D eigenvalue weighted by Gasteiger charge is -2.03. The van der Waals surface area contributed by atoms with Gasteiger partial charge >= 0.3 is 0 Å². The number of allylic oxidation sites excluding steroid dienone is 1. The highest BCUT2D eigenvalue weighted by Gasteiger charge is 2.09. The van der Waals surface area contributed by atoms with Crippen LogP contribution < -0.4 is 10.2 Å². The summed E-state index contributed by atoms with van der Waals surface area (Å²) in [5.41, 5.74) is 0.112. The van der Waals surface area contributed by atoms with Crippen LogP contribution in [0.3, 0.4) is 0 Å². The minimum absolute atomic E-state index is 0.0313. The van der Waals surface area contributed by atoms with Crippen molar-refractivity contribution in [3.05, 3.63) is 76.0 Å². The first-order valence-electron chi connectivity index (χ1n) is 6.31. The summed E-state index contributed by atoms with van der Waals surface area (Å²) in [6.07, 6.45) is 2.88. The second-order valence-electron chi connectivity index (χ2n) is 4.28. The minimum Gasteiger partial charge on any atom is -0.504 e. The Balaban J connectivity index is 2.35. The molecule has 0 amide bonds. The number of para-hydroxylation sites is 1. The number of hydrogen-bond acceptors (Lipinski definition) is 4. The monoisotopic (exact) mass is 282 g/mol. The highest BCUT2D eigenvalue weighted by Crippen LogP contribution is 2.19. The fourth-order valence-corrected chi connectivity index (χ4v) is 1.84. The molecule has 21 heavy (non-hydrogen) atoms. The Hall–Kier alpha value is -2.88. The minimum atomic E-state index is -0.589. The van der Waals surface area contributed by atoms with E-state index in [-0.39, 0.29) is 5.56 Å². The van der Waals surface area contributed by atoms with E-state index in [1.807, 2.05) is 12.1 Å². The quantitative estimate of drug-likeness (QED) is 0.691. The summed E-state index contributed by atoms with van der Waals surface area (Å²) in [4.78, 5) is 23.6. The summed E-state index contributed by atoms with van der Waals surface area (Å²) in [6, 6.07) is 12.8. The maximum absolute atomic E-state index is 12.1. The van der Waals surface area contributed by atoms with Crippen LogP contribution in [0.5, 0.6) is 11.5 Å². The van der Waals surface area contributed by atoms with Crippen LogP contribution in [-0.2, 0) is 0 Å². The number of ether oxygens (including phenoxy) is 1. The third-order valence-electron chi connectivity index (χ3n) is 2.93. The summed E-state index contributed by atoms with van der Waals surface area (Å²) in [5.74, 6) is -0.365. The van der Waals surface area contributed by atoms with Gasteiger partial charge in [0.2, 0.25) is 5.43 Å². The van der Waals surface area contributed by atoms with E-state index in [1.54, 1.807) is 25.3 Å². The van der Waals surface area contributed by atoms with Gasteiger partial charge in [0.1, 0.15) is 5.75 Å². The van der Waals surface area contributed by atoms with Crippen LogP contribution in [0, 0.1) is 0 Å². The summed E-state index contributed by atoms with van der Waals surface area (Å²) in [6.45, 7) is 0. The molecule has 0 saturated heterocycles. The average molecular weight is 282 g/mol. The lowest BCUT2D eigenvalue weighted by Crippen LogP contribution is -2.01. The molecular weight excluding hydrogens is 268 g/mol. The summed E-state index contributed by atoms with van der Waals surface area (Å²) in [7, 11) is 1.54. The zero-order chi connectivity index (χ0) is 15.2. The van der Waals surface area contributed by atoms with Crippen molar-refractivity contribution in [2.45, 2.75) is 0 Å². The number of carbonyl (C=O) groups is 1. The molecule has 0 fully saturated rings. The average Bonchev–Trinajstić information content (AvgIpc) is 2.67. The maximum atomic E-state index is 12.1. The van der Waals surface area contributed by atoms with Crippen molar-refractivity contribution in [1.82, 2.24) is 0 Å². The van der Waals surface area contributed by atoms with Gasteiger partial charge in [-0.05, 0) is 30.4 Å². The molecule has 0 atom stereocenters. The molecule has 2 aromatic carbocycles. The summed E-state index contributed by atoms with van der Waals surface area (Å²) in [5, 5.41) is 9.73. The molecule has 0 aliphatic rings. The van der Waals surface area contributed by atoms with Gasteiger partial charge in [-0.25, -0.2) is 0 Å². The van der Waals surface area contributed by atoms with Gasteiger partial charge in [0, 0.05) is 5.56 Å². The van der Waals surface area contributed by atoms with Gasteiger partial charge in [0.05, 0.1) is 12.7 Å². The van der Waals surface area contributed by atoms with Crippen molar-refractivity contribution in [2.75, 3.05) is 7.11 Å². The lowest BCUT2D eigenvalue weighted by atomic mass is 10.1. The van der Waals surface area contributed by atoms with Crippen molar-refractivity contribution in [1.29, 1.82) is 0 Å². The number of rotatable bonds is 4. The van der Waals surface area contributed by atoms with E-state index < -0.39 is 17.0 Å². The highest BCUT2D eigenvalue weighted by molar-refractivity contribution is 6.08. The number of hydrogen-bond donors (Lipinski definition) is 1. The topological polar surface area (TPSA) is 63.6 Å². The van der Waals surface area contributed by atoms with Gasteiger partial charge in [-0.15, -0.1) is 0 Å². The molecule has 2 rings (SSSR count). The molecule has 0 aromatic heterocycles. The molecule has 0 aliphatic heterocycles. The van der Waals surface area contributed by atoms with Gasteiger partial charge < -0.3 is 9.84 Å². The van der Waals surface area contributed by atoms with E-state index in [9.17, 15) is 14.7 Å². The first-order chi connectivity index (χ1) is 10.1. The van der Waals surface area contributed by atoms with E-state index >= 15 is 0 Å². The van der Waals surface area contributed by atoms with Crippen molar-refractivity contribution in [2.24, 2.45) is 0 Å². The standard InChI is InChI=1S/C17H14O4/c1-21-16-9-5-2-6-12(16)10-11-14(18)13-7-3-4-8-15(19)17(13)20/h2-11H,1H3,(H,19,20)/b11-10-. The SMILES string of the molecule is COc1ccccc1/C=C\C(=O)c1ccccc(=O)c1O. The van der Waals surface area contributed by atoms with Gasteiger partial charge in [0.15, 0.2) is 11.5 Å². The molecule has 106 valence electrons. The van der Waals surface area contributed by atoms with Gasteiger partial charge in [-0.2, -0.15) is 0 Å². The van der Waals surface area contributed by atoms with Crippen molar-refractivity contribution < 1.29 is 14.6 Å². The predicted molar refractivity (Wildman–Crippen MR) is 80.7 cm³/mol. The maximum Gasteiger partial charge on any atom is 0.220 e. The zero-order valence-electron chi connectivity index (χ0n) is 11.4. The molecule has 0 heterocycles. The smallest absolute Gasteiger partial charge is 0.220 e.